The summed E-state index contributed by atoms with van der Waals surface area (Å²) in [6.07, 6.45) is 3.57. The van der Waals surface area contributed by atoms with Crippen LogP contribution in [0.2, 0.25) is 0 Å². The Bertz CT molecular complexity index is 1320. The third-order valence-electron chi connectivity index (χ3n) is 5.72. The lowest BCUT2D eigenvalue weighted by Crippen LogP contribution is -1.83. The normalized spacial score (nSPS) is 11.1. The molecule has 0 N–H and O–H groups in total. The van der Waals surface area contributed by atoms with Crippen molar-refractivity contribution >= 4 is 34.0 Å². The van der Waals surface area contributed by atoms with Crippen LogP contribution in [0.4, 0.5) is 0 Å². The van der Waals surface area contributed by atoms with Crippen LogP contribution in [0.1, 0.15) is 25.3 Å². The van der Waals surface area contributed by atoms with Gasteiger partial charge in [-0.1, -0.05) is 43.7 Å². The maximum atomic E-state index is 5.31. The van der Waals surface area contributed by atoms with Crippen molar-refractivity contribution in [2.75, 3.05) is 7.11 Å². The van der Waals surface area contributed by atoms with Crippen LogP contribution in [0.5, 0.6) is 5.75 Å². The summed E-state index contributed by atoms with van der Waals surface area (Å²) >= 11 is 5.71. The highest BCUT2D eigenvalue weighted by Crippen LogP contribution is 2.45. The van der Waals surface area contributed by atoms with Crippen LogP contribution in [0.15, 0.2) is 84.9 Å². The molecular formula is C29H26OS3. The Balaban J connectivity index is 1.48. The first-order valence-electron chi connectivity index (χ1n) is 11.3. The van der Waals surface area contributed by atoms with Gasteiger partial charge in [0.1, 0.15) is 5.75 Å². The molecule has 33 heavy (non-hydrogen) atoms. The van der Waals surface area contributed by atoms with E-state index in [4.69, 9.17) is 4.74 Å². The predicted molar refractivity (Wildman–Crippen MR) is 147 cm³/mol. The van der Waals surface area contributed by atoms with E-state index in [2.05, 4.69) is 79.7 Å². The molecular weight excluding hydrogens is 461 g/mol. The lowest BCUT2D eigenvalue weighted by molar-refractivity contribution is 0.415. The number of hydrogen-bond donors (Lipinski definition) is 0. The molecule has 0 unspecified atom stereocenters. The van der Waals surface area contributed by atoms with Crippen molar-refractivity contribution in [3.8, 4) is 46.1 Å². The SMILES string of the molecule is CCCCc1cc(-c2ccc(-c3ccccc3)s2)sc1-c1ccc(-c2ccc(OC)cc2)s1. The van der Waals surface area contributed by atoms with Gasteiger partial charge in [0.05, 0.1) is 7.11 Å². The molecule has 5 aromatic rings. The van der Waals surface area contributed by atoms with Gasteiger partial charge >= 0.3 is 0 Å². The van der Waals surface area contributed by atoms with E-state index >= 15 is 0 Å². The fraction of sp³-hybridized carbons (Fsp3) is 0.172. The number of ether oxygens (including phenoxy) is 1. The molecule has 0 fully saturated rings. The van der Waals surface area contributed by atoms with Crippen LogP contribution in [0, 0.1) is 0 Å². The van der Waals surface area contributed by atoms with Gasteiger partial charge in [-0.2, -0.15) is 0 Å². The van der Waals surface area contributed by atoms with Gasteiger partial charge in [-0.05, 0) is 84.1 Å². The third-order valence-corrected chi connectivity index (χ3v) is 9.54. The Morgan fingerprint density at radius 2 is 1.27 bits per heavy atom. The number of benzene rings is 2. The molecule has 0 aliphatic heterocycles. The van der Waals surface area contributed by atoms with Gasteiger partial charge in [-0.3, -0.25) is 0 Å². The number of unbranched alkanes of at least 4 members (excludes halogenated alkanes) is 1. The van der Waals surface area contributed by atoms with Gasteiger partial charge in [0.15, 0.2) is 0 Å². The van der Waals surface area contributed by atoms with E-state index in [1.807, 2.05) is 46.1 Å². The summed E-state index contributed by atoms with van der Waals surface area (Å²) in [7, 11) is 1.71. The molecule has 4 heteroatoms. The number of hydrogen-bond acceptors (Lipinski definition) is 4. The summed E-state index contributed by atoms with van der Waals surface area (Å²) in [5, 5.41) is 0. The maximum Gasteiger partial charge on any atom is 0.118 e. The van der Waals surface area contributed by atoms with Crippen molar-refractivity contribution in [1.29, 1.82) is 0 Å². The Labute approximate surface area is 208 Å². The quantitative estimate of drug-likeness (QED) is 0.212. The minimum absolute atomic E-state index is 0.895. The van der Waals surface area contributed by atoms with Crippen molar-refractivity contribution in [2.45, 2.75) is 26.2 Å². The summed E-state index contributed by atoms with van der Waals surface area (Å²) in [5.41, 5.74) is 4.01. The molecule has 0 atom stereocenters. The lowest BCUT2D eigenvalue weighted by Gasteiger charge is -2.02. The van der Waals surface area contributed by atoms with Crippen LogP contribution in [0.3, 0.4) is 0 Å². The largest absolute Gasteiger partial charge is 0.497 e. The molecule has 3 heterocycles. The number of methoxy groups -OCH3 is 1. The molecule has 0 radical (unpaired) electrons. The topological polar surface area (TPSA) is 9.23 Å². The number of aryl methyl sites for hydroxylation is 1. The van der Waals surface area contributed by atoms with Crippen LogP contribution in [-0.2, 0) is 6.42 Å². The van der Waals surface area contributed by atoms with Gasteiger partial charge < -0.3 is 4.74 Å². The zero-order valence-electron chi connectivity index (χ0n) is 18.8. The van der Waals surface area contributed by atoms with Crippen LogP contribution in [0.25, 0.3) is 40.4 Å². The standard InChI is InChI=1S/C29H26OS3/c1-3-4-8-22-19-28(26-17-15-24(31-26)20-9-6-5-7-10-20)33-29(22)27-18-16-25(32-27)21-11-13-23(30-2)14-12-21/h5-7,9-19H,3-4,8H2,1-2H3. The van der Waals surface area contributed by atoms with E-state index in [1.54, 1.807) is 7.11 Å². The van der Waals surface area contributed by atoms with E-state index in [9.17, 15) is 0 Å². The van der Waals surface area contributed by atoms with E-state index in [0.29, 0.717) is 0 Å². The van der Waals surface area contributed by atoms with Crippen molar-refractivity contribution < 1.29 is 4.74 Å². The minimum atomic E-state index is 0.895. The smallest absolute Gasteiger partial charge is 0.118 e. The van der Waals surface area contributed by atoms with Crippen molar-refractivity contribution in [3.05, 3.63) is 90.5 Å². The highest BCUT2D eigenvalue weighted by Gasteiger charge is 2.16. The van der Waals surface area contributed by atoms with Crippen molar-refractivity contribution in [2.24, 2.45) is 0 Å². The van der Waals surface area contributed by atoms with Crippen LogP contribution < -0.4 is 4.74 Å². The molecule has 166 valence electrons. The lowest BCUT2D eigenvalue weighted by atomic mass is 10.1. The Morgan fingerprint density at radius 3 is 1.97 bits per heavy atom. The second-order valence-corrected chi connectivity index (χ2v) is 11.2. The van der Waals surface area contributed by atoms with E-state index in [1.165, 1.54) is 58.8 Å². The first-order chi connectivity index (χ1) is 16.2. The van der Waals surface area contributed by atoms with Gasteiger partial charge in [-0.25, -0.2) is 0 Å². The second-order valence-electron chi connectivity index (χ2n) is 7.99. The Kier molecular flexibility index (Phi) is 6.77. The van der Waals surface area contributed by atoms with Gasteiger partial charge in [-0.15, -0.1) is 34.0 Å². The number of rotatable bonds is 8. The summed E-state index contributed by atoms with van der Waals surface area (Å²) in [4.78, 5) is 8.15. The fourth-order valence-electron chi connectivity index (χ4n) is 3.91. The van der Waals surface area contributed by atoms with Gasteiger partial charge in [0.2, 0.25) is 0 Å². The molecule has 5 rings (SSSR count). The molecule has 2 aromatic carbocycles. The van der Waals surface area contributed by atoms with Gasteiger partial charge in [0.25, 0.3) is 0 Å². The highest BCUT2D eigenvalue weighted by molar-refractivity contribution is 7.28. The second kappa shape index (κ2) is 10.1. The van der Waals surface area contributed by atoms with E-state index < -0.39 is 0 Å². The zero-order chi connectivity index (χ0) is 22.6. The first-order valence-corrected chi connectivity index (χ1v) is 13.7. The molecule has 0 bridgehead atoms. The molecule has 0 aliphatic carbocycles. The molecule has 0 spiro atoms. The molecule has 0 saturated carbocycles. The summed E-state index contributed by atoms with van der Waals surface area (Å²) in [5.74, 6) is 0.895. The summed E-state index contributed by atoms with van der Waals surface area (Å²) in [6.45, 7) is 2.27. The molecule has 3 aromatic heterocycles. The Hall–Kier alpha value is -2.66. The van der Waals surface area contributed by atoms with Crippen molar-refractivity contribution in [3.63, 3.8) is 0 Å². The average Bonchev–Trinajstić information content (AvgIpc) is 3.62. The number of thiophene rings is 3. The fourth-order valence-corrected chi connectivity index (χ4v) is 7.37. The Morgan fingerprint density at radius 1 is 0.636 bits per heavy atom. The maximum absolute atomic E-state index is 5.31. The summed E-state index contributed by atoms with van der Waals surface area (Å²) in [6, 6.07) is 30.5. The van der Waals surface area contributed by atoms with Crippen LogP contribution >= 0.6 is 34.0 Å². The molecule has 1 nitrogen and oxygen atoms in total. The third kappa shape index (κ3) is 4.84. The van der Waals surface area contributed by atoms with E-state index in [-0.39, 0.29) is 0 Å². The van der Waals surface area contributed by atoms with E-state index in [0.717, 1.165) is 12.2 Å². The van der Waals surface area contributed by atoms with Crippen molar-refractivity contribution in [1.82, 2.24) is 0 Å². The molecule has 0 amide bonds. The minimum Gasteiger partial charge on any atom is -0.497 e. The van der Waals surface area contributed by atoms with Crippen LogP contribution in [-0.4, -0.2) is 7.11 Å². The first kappa shape index (κ1) is 22.1. The highest BCUT2D eigenvalue weighted by atomic mass is 32.1. The predicted octanol–water partition coefficient (Wildman–Crippen LogP) is 9.89. The average molecular weight is 487 g/mol. The molecule has 0 saturated heterocycles. The zero-order valence-corrected chi connectivity index (χ0v) is 21.3. The van der Waals surface area contributed by atoms with Gasteiger partial charge in [0, 0.05) is 29.3 Å². The monoisotopic (exact) mass is 486 g/mol. The summed E-state index contributed by atoms with van der Waals surface area (Å²) < 4.78 is 5.31. The molecule has 0 aliphatic rings.